The molecule has 3 heterocycles. The van der Waals surface area contributed by atoms with E-state index >= 15 is 0 Å². The third-order valence-corrected chi connectivity index (χ3v) is 11.0. The minimum atomic E-state index is -4.92. The zero-order chi connectivity index (χ0) is 36.7. The molecule has 3 aromatic carbocycles. The zero-order valence-electron chi connectivity index (χ0n) is 28.1. The second-order valence-electron chi connectivity index (χ2n) is 13.4. The van der Waals surface area contributed by atoms with Crippen LogP contribution >= 0.6 is 0 Å². The van der Waals surface area contributed by atoms with Crippen LogP contribution in [-0.4, -0.2) is 73.3 Å². The Hall–Kier alpha value is -4.01. The number of amides is 1. The summed E-state index contributed by atoms with van der Waals surface area (Å²) in [6, 6.07) is 13.3. The highest BCUT2D eigenvalue weighted by Crippen LogP contribution is 2.38. The third kappa shape index (κ3) is 8.07. The molecule has 51 heavy (non-hydrogen) atoms. The van der Waals surface area contributed by atoms with E-state index in [1.165, 1.54) is 60.7 Å². The number of hydrogen-bond donors (Lipinski definition) is 1. The second-order valence-corrected chi connectivity index (χ2v) is 15.5. The van der Waals surface area contributed by atoms with Crippen LogP contribution in [0.15, 0.2) is 77.7 Å². The SMILES string of the molecule is C[C@@H]1CCCN1C1CCN(Cc2c(-c3cccc(C(F)(F)F)c3)nc3ccc(S(C)(=O)=O)cc3c2C(=O)N[C@H](c2ccccc2)C(F)(F)F)CC1. The van der Waals surface area contributed by atoms with Crippen molar-refractivity contribution in [3.63, 3.8) is 0 Å². The third-order valence-electron chi connectivity index (χ3n) is 9.92. The summed E-state index contributed by atoms with van der Waals surface area (Å²) in [7, 11) is -3.85. The van der Waals surface area contributed by atoms with Crippen molar-refractivity contribution in [2.75, 3.05) is 25.9 Å². The number of pyridine rings is 1. The van der Waals surface area contributed by atoms with E-state index in [9.17, 15) is 39.6 Å². The van der Waals surface area contributed by atoms with Crippen molar-refractivity contribution in [1.29, 1.82) is 0 Å². The molecule has 1 aromatic heterocycles. The lowest BCUT2D eigenvalue weighted by molar-refractivity contribution is -0.155. The Bertz CT molecular complexity index is 2010. The maximum Gasteiger partial charge on any atom is 0.416 e. The number of carbonyl (C=O) groups is 1. The van der Waals surface area contributed by atoms with Gasteiger partial charge in [-0.15, -0.1) is 0 Å². The minimum Gasteiger partial charge on any atom is -0.337 e. The van der Waals surface area contributed by atoms with E-state index in [1.54, 1.807) is 0 Å². The predicted octanol–water partition coefficient (Wildman–Crippen LogP) is 7.81. The average Bonchev–Trinajstić information content (AvgIpc) is 3.51. The summed E-state index contributed by atoms with van der Waals surface area (Å²) in [4.78, 5) is 23.4. The fraction of sp³-hybridized carbons (Fsp3) is 0.405. The van der Waals surface area contributed by atoms with E-state index in [2.05, 4.69) is 22.1 Å². The van der Waals surface area contributed by atoms with Crippen molar-refractivity contribution < 1.29 is 39.6 Å². The van der Waals surface area contributed by atoms with Crippen LogP contribution in [0, 0.1) is 0 Å². The Morgan fingerprint density at radius 3 is 2.24 bits per heavy atom. The average molecular weight is 733 g/mol. The molecule has 1 N–H and O–H groups in total. The van der Waals surface area contributed by atoms with Crippen molar-refractivity contribution >= 4 is 26.6 Å². The van der Waals surface area contributed by atoms with Gasteiger partial charge in [-0.1, -0.05) is 42.5 Å². The molecular weight excluding hydrogens is 694 g/mol. The van der Waals surface area contributed by atoms with Crippen molar-refractivity contribution in [3.05, 3.63) is 95.1 Å². The van der Waals surface area contributed by atoms with Crippen LogP contribution in [0.25, 0.3) is 22.2 Å². The molecule has 0 radical (unpaired) electrons. The zero-order valence-corrected chi connectivity index (χ0v) is 28.9. The van der Waals surface area contributed by atoms with Crippen molar-refractivity contribution in [2.24, 2.45) is 0 Å². The summed E-state index contributed by atoms with van der Waals surface area (Å²) >= 11 is 0. The van der Waals surface area contributed by atoms with Crippen molar-refractivity contribution in [3.8, 4) is 11.3 Å². The van der Waals surface area contributed by atoms with E-state index in [1.807, 2.05) is 4.90 Å². The van der Waals surface area contributed by atoms with Gasteiger partial charge in [-0.05, 0) is 88.1 Å². The minimum absolute atomic E-state index is 0.00980. The number of carbonyl (C=O) groups excluding carboxylic acids is 1. The lowest BCUT2D eigenvalue weighted by Gasteiger charge is -2.39. The Kier molecular flexibility index (Phi) is 10.2. The Balaban J connectivity index is 1.53. The number of alkyl halides is 6. The number of piperidine rings is 1. The van der Waals surface area contributed by atoms with Crippen LogP contribution < -0.4 is 5.32 Å². The summed E-state index contributed by atoms with van der Waals surface area (Å²) in [5.74, 6) is -1.16. The molecule has 0 aliphatic carbocycles. The fourth-order valence-electron chi connectivity index (χ4n) is 7.34. The standard InChI is InChI=1S/C37H38F6N4O3S/c1-23-8-7-17-47(23)27-15-18-46(19-16-27)22-30-32(35(48)45-34(37(41,42)43)24-9-4-3-5-10-24)29-21-28(51(2,49)50)13-14-31(29)44-33(30)25-11-6-12-26(20-25)36(38,39)40/h3-6,9-14,20-21,23,27,34H,7-8,15-19,22H2,1-2H3,(H,45,48)/t23-,34-/m1/s1. The lowest BCUT2D eigenvalue weighted by Crippen LogP contribution is -2.46. The molecule has 7 nitrogen and oxygen atoms in total. The number of benzene rings is 3. The molecule has 2 fully saturated rings. The summed E-state index contributed by atoms with van der Waals surface area (Å²) in [6.45, 7) is 4.29. The molecule has 0 saturated carbocycles. The molecule has 14 heteroatoms. The van der Waals surface area contributed by atoms with Crippen molar-refractivity contribution in [2.45, 2.75) is 74.5 Å². The molecular formula is C37H38F6N4O3S. The van der Waals surface area contributed by atoms with Gasteiger partial charge >= 0.3 is 12.4 Å². The first-order valence-electron chi connectivity index (χ1n) is 16.8. The molecule has 0 spiro atoms. The smallest absolute Gasteiger partial charge is 0.337 e. The predicted molar refractivity (Wildman–Crippen MR) is 182 cm³/mol. The van der Waals surface area contributed by atoms with E-state index in [4.69, 9.17) is 0 Å². The van der Waals surface area contributed by atoms with Gasteiger partial charge in [-0.2, -0.15) is 26.3 Å². The van der Waals surface area contributed by atoms with Gasteiger partial charge in [-0.3, -0.25) is 14.6 Å². The number of likely N-dealkylation sites (tertiary alicyclic amines) is 2. The van der Waals surface area contributed by atoms with Crippen LogP contribution in [0.3, 0.4) is 0 Å². The number of nitrogens with zero attached hydrogens (tertiary/aromatic N) is 3. The number of hydrogen-bond acceptors (Lipinski definition) is 6. The van der Waals surface area contributed by atoms with Crippen molar-refractivity contribution in [1.82, 2.24) is 20.1 Å². The molecule has 1 amide bonds. The molecule has 4 aromatic rings. The largest absolute Gasteiger partial charge is 0.416 e. The highest BCUT2D eigenvalue weighted by molar-refractivity contribution is 7.90. The molecule has 2 atom stereocenters. The first-order chi connectivity index (χ1) is 24.0. The molecule has 0 bridgehead atoms. The van der Waals surface area contributed by atoms with Gasteiger partial charge in [0.1, 0.15) is 0 Å². The first kappa shape index (κ1) is 36.8. The Morgan fingerprint density at radius 2 is 1.63 bits per heavy atom. The van der Waals surface area contributed by atoms with E-state index in [0.29, 0.717) is 25.2 Å². The van der Waals surface area contributed by atoms with Crippen LogP contribution in [0.1, 0.15) is 65.7 Å². The van der Waals surface area contributed by atoms with E-state index in [0.717, 1.165) is 50.6 Å². The highest BCUT2D eigenvalue weighted by atomic mass is 32.2. The summed E-state index contributed by atoms with van der Waals surface area (Å²) in [6.07, 6.45) is -4.88. The van der Waals surface area contributed by atoms with Crippen LogP contribution in [0.4, 0.5) is 26.3 Å². The van der Waals surface area contributed by atoms with Gasteiger partial charge in [0.15, 0.2) is 15.9 Å². The van der Waals surface area contributed by atoms with Gasteiger partial charge < -0.3 is 5.32 Å². The molecule has 272 valence electrons. The van der Waals surface area contributed by atoms with Gasteiger partial charge in [-0.25, -0.2) is 13.4 Å². The monoisotopic (exact) mass is 732 g/mol. The number of nitrogens with one attached hydrogen (secondary N) is 1. The van der Waals surface area contributed by atoms with Crippen LogP contribution in [0.2, 0.25) is 0 Å². The maximum atomic E-state index is 14.6. The number of halogens is 6. The normalized spacial score (nSPS) is 19.0. The molecule has 2 saturated heterocycles. The Morgan fingerprint density at radius 1 is 0.922 bits per heavy atom. The number of sulfone groups is 1. The van der Waals surface area contributed by atoms with Gasteiger partial charge in [0.05, 0.1) is 27.2 Å². The first-order valence-corrected chi connectivity index (χ1v) is 18.6. The Labute approximate surface area is 292 Å². The van der Waals surface area contributed by atoms with E-state index < -0.39 is 39.7 Å². The lowest BCUT2D eigenvalue weighted by atomic mass is 9.93. The maximum absolute atomic E-state index is 14.6. The summed E-state index contributed by atoms with van der Waals surface area (Å²) < 4.78 is 111. The van der Waals surface area contributed by atoms with Crippen LogP contribution in [0.5, 0.6) is 0 Å². The second kappa shape index (κ2) is 14.2. The van der Waals surface area contributed by atoms with Gasteiger partial charge in [0.25, 0.3) is 5.91 Å². The van der Waals surface area contributed by atoms with Crippen LogP contribution in [-0.2, 0) is 22.6 Å². The number of rotatable bonds is 8. The topological polar surface area (TPSA) is 82.6 Å². The molecule has 2 aliphatic heterocycles. The highest BCUT2D eigenvalue weighted by Gasteiger charge is 2.43. The summed E-state index contributed by atoms with van der Waals surface area (Å²) in [5.41, 5.74) is -1.33. The van der Waals surface area contributed by atoms with Gasteiger partial charge in [0, 0.05) is 41.4 Å². The molecule has 2 aliphatic rings. The summed E-state index contributed by atoms with van der Waals surface area (Å²) in [5, 5.41) is 2.10. The fourth-order valence-corrected chi connectivity index (χ4v) is 7.99. The van der Waals surface area contributed by atoms with Gasteiger partial charge in [0.2, 0.25) is 0 Å². The molecule has 6 rings (SSSR count). The quantitative estimate of drug-likeness (QED) is 0.186. The molecule has 0 unspecified atom stereocenters. The number of aromatic nitrogens is 1. The number of fused-ring (bicyclic) bond motifs is 1. The van der Waals surface area contributed by atoms with E-state index in [-0.39, 0.29) is 50.3 Å².